The molecule has 20 heavy (non-hydrogen) atoms. The number of anilines is 1. The number of hydrogen-bond donors (Lipinski definition) is 2. The zero-order valence-electron chi connectivity index (χ0n) is 11.6. The van der Waals surface area contributed by atoms with Crippen LogP contribution in [0.4, 0.5) is 5.82 Å². The second-order valence-corrected chi connectivity index (χ2v) is 6.13. The fourth-order valence-electron chi connectivity index (χ4n) is 1.95. The molecule has 1 unspecified atom stereocenters. The van der Waals surface area contributed by atoms with E-state index in [4.69, 9.17) is 17.3 Å². The van der Waals surface area contributed by atoms with E-state index in [0.29, 0.717) is 5.82 Å². The van der Waals surface area contributed by atoms with Crippen LogP contribution < -0.4 is 11.1 Å². The van der Waals surface area contributed by atoms with E-state index in [1.807, 2.05) is 32.2 Å². The summed E-state index contributed by atoms with van der Waals surface area (Å²) in [5.74, 6) is 1.45. The summed E-state index contributed by atoms with van der Waals surface area (Å²) < 4.78 is 0. The van der Waals surface area contributed by atoms with Crippen molar-refractivity contribution in [3.63, 3.8) is 0 Å². The Balaban J connectivity index is 2.11. The topological polar surface area (TPSA) is 50.9 Å². The van der Waals surface area contributed by atoms with Crippen molar-refractivity contribution in [1.29, 1.82) is 0 Å². The first kappa shape index (κ1) is 15.2. The van der Waals surface area contributed by atoms with E-state index in [1.165, 1.54) is 0 Å². The molecule has 2 rings (SSSR count). The summed E-state index contributed by atoms with van der Waals surface area (Å²) in [6.07, 6.45) is 1.79. The molecule has 3 nitrogen and oxygen atoms in total. The fraction of sp³-hybridized carbons (Fsp3) is 0.267. The second-order valence-electron chi connectivity index (χ2n) is 4.60. The van der Waals surface area contributed by atoms with Crippen LogP contribution in [0.15, 0.2) is 41.4 Å². The molecule has 0 bridgehead atoms. The molecule has 0 fully saturated rings. The van der Waals surface area contributed by atoms with Crippen LogP contribution >= 0.6 is 23.4 Å². The Morgan fingerprint density at radius 2 is 2.20 bits per heavy atom. The monoisotopic (exact) mass is 307 g/mol. The highest BCUT2D eigenvalue weighted by molar-refractivity contribution is 7.99. The summed E-state index contributed by atoms with van der Waals surface area (Å²) in [6, 6.07) is 10.1. The Morgan fingerprint density at radius 3 is 2.90 bits per heavy atom. The van der Waals surface area contributed by atoms with Crippen molar-refractivity contribution in [2.45, 2.75) is 17.9 Å². The number of halogens is 1. The number of nitrogens with one attached hydrogen (secondary N) is 1. The molecule has 3 N–H and O–H groups in total. The molecule has 1 aromatic heterocycles. The van der Waals surface area contributed by atoms with Gasteiger partial charge in [0.2, 0.25) is 0 Å². The summed E-state index contributed by atoms with van der Waals surface area (Å²) in [5, 5.41) is 4.05. The molecule has 0 spiro atoms. The van der Waals surface area contributed by atoms with E-state index in [9.17, 15) is 0 Å². The van der Waals surface area contributed by atoms with Crippen LogP contribution in [0.25, 0.3) is 0 Å². The molecule has 0 aliphatic heterocycles. The lowest BCUT2D eigenvalue weighted by atomic mass is 10.1. The van der Waals surface area contributed by atoms with Gasteiger partial charge in [-0.25, -0.2) is 4.98 Å². The Kier molecular flexibility index (Phi) is 5.29. The standard InChI is InChI=1S/C15H18ClN3S/c1-10-6-13(15(17)19-8-10)14(18-2)9-20-12-5-3-4-11(16)7-12/h3-8,14,18H,9H2,1-2H3,(H2,17,19). The van der Waals surface area contributed by atoms with Crippen molar-refractivity contribution in [2.24, 2.45) is 0 Å². The lowest BCUT2D eigenvalue weighted by Gasteiger charge is -2.18. The van der Waals surface area contributed by atoms with Gasteiger partial charge < -0.3 is 11.1 Å². The molecule has 0 aliphatic rings. The van der Waals surface area contributed by atoms with Gasteiger partial charge in [-0.1, -0.05) is 17.7 Å². The fourth-order valence-corrected chi connectivity index (χ4v) is 3.29. The molecular formula is C15H18ClN3S. The van der Waals surface area contributed by atoms with E-state index < -0.39 is 0 Å². The molecule has 106 valence electrons. The first-order valence-electron chi connectivity index (χ1n) is 6.38. The van der Waals surface area contributed by atoms with Crippen LogP contribution in [0.3, 0.4) is 0 Å². The summed E-state index contributed by atoms with van der Waals surface area (Å²) >= 11 is 7.74. The van der Waals surface area contributed by atoms with Crippen LogP contribution in [-0.4, -0.2) is 17.8 Å². The molecule has 0 saturated carbocycles. The van der Waals surface area contributed by atoms with Crippen LogP contribution in [0.2, 0.25) is 5.02 Å². The third kappa shape index (κ3) is 3.88. The average molecular weight is 308 g/mol. The quantitative estimate of drug-likeness (QED) is 0.827. The van der Waals surface area contributed by atoms with Gasteiger partial charge in [-0.05, 0) is 43.8 Å². The van der Waals surface area contributed by atoms with E-state index in [2.05, 4.69) is 22.4 Å². The van der Waals surface area contributed by atoms with Crippen LogP contribution in [-0.2, 0) is 0 Å². The zero-order chi connectivity index (χ0) is 14.5. The Labute approximate surface area is 128 Å². The largest absolute Gasteiger partial charge is 0.383 e. The molecular weight excluding hydrogens is 290 g/mol. The van der Waals surface area contributed by atoms with Crippen molar-refractivity contribution >= 4 is 29.2 Å². The Bertz CT molecular complexity index is 589. The maximum Gasteiger partial charge on any atom is 0.128 e. The van der Waals surface area contributed by atoms with Crippen LogP contribution in [0, 0.1) is 6.92 Å². The van der Waals surface area contributed by atoms with Crippen LogP contribution in [0.1, 0.15) is 17.2 Å². The highest BCUT2D eigenvalue weighted by Crippen LogP contribution is 2.28. The first-order valence-corrected chi connectivity index (χ1v) is 7.74. The molecule has 1 aromatic carbocycles. The van der Waals surface area contributed by atoms with Gasteiger partial charge >= 0.3 is 0 Å². The molecule has 0 aliphatic carbocycles. The molecule has 0 radical (unpaired) electrons. The van der Waals surface area contributed by atoms with Gasteiger partial charge in [-0.3, -0.25) is 0 Å². The lowest BCUT2D eigenvalue weighted by molar-refractivity contribution is 0.661. The molecule has 2 aromatic rings. The zero-order valence-corrected chi connectivity index (χ0v) is 13.1. The van der Waals surface area contributed by atoms with Crippen LogP contribution in [0.5, 0.6) is 0 Å². The third-order valence-electron chi connectivity index (χ3n) is 3.02. The number of hydrogen-bond acceptors (Lipinski definition) is 4. The van der Waals surface area contributed by atoms with E-state index in [-0.39, 0.29) is 6.04 Å². The van der Waals surface area contributed by atoms with Crippen molar-refractivity contribution in [1.82, 2.24) is 10.3 Å². The number of nitrogens with two attached hydrogens (primary N) is 1. The van der Waals surface area contributed by atoms with Gasteiger partial charge in [-0.2, -0.15) is 0 Å². The predicted octanol–water partition coefficient (Wildman–Crippen LogP) is 3.68. The van der Waals surface area contributed by atoms with Crippen molar-refractivity contribution < 1.29 is 0 Å². The van der Waals surface area contributed by atoms with Crippen molar-refractivity contribution in [2.75, 3.05) is 18.5 Å². The van der Waals surface area contributed by atoms with E-state index in [0.717, 1.165) is 26.8 Å². The Hall–Kier alpha value is -1.23. The SMILES string of the molecule is CNC(CSc1cccc(Cl)c1)c1cc(C)cnc1N. The number of rotatable bonds is 5. The summed E-state index contributed by atoms with van der Waals surface area (Å²) in [4.78, 5) is 5.37. The van der Waals surface area contributed by atoms with Crippen molar-refractivity contribution in [3.8, 4) is 0 Å². The second kappa shape index (κ2) is 6.97. The molecule has 0 amide bonds. The van der Waals surface area contributed by atoms with Gasteiger partial charge in [0, 0.05) is 33.5 Å². The van der Waals surface area contributed by atoms with Gasteiger partial charge in [0.15, 0.2) is 0 Å². The Morgan fingerprint density at radius 1 is 1.40 bits per heavy atom. The number of benzene rings is 1. The summed E-state index contributed by atoms with van der Waals surface area (Å²) in [5.41, 5.74) is 8.13. The number of aryl methyl sites for hydroxylation is 1. The van der Waals surface area contributed by atoms with Gasteiger partial charge in [0.05, 0.1) is 0 Å². The summed E-state index contributed by atoms with van der Waals surface area (Å²) in [6.45, 7) is 2.02. The van der Waals surface area contributed by atoms with Crippen molar-refractivity contribution in [3.05, 3.63) is 52.7 Å². The molecule has 1 heterocycles. The van der Waals surface area contributed by atoms with E-state index in [1.54, 1.807) is 18.0 Å². The van der Waals surface area contributed by atoms with Gasteiger partial charge in [-0.15, -0.1) is 11.8 Å². The minimum atomic E-state index is 0.159. The minimum absolute atomic E-state index is 0.159. The number of aromatic nitrogens is 1. The number of nitrogens with zero attached hydrogens (tertiary/aromatic N) is 1. The number of nitrogen functional groups attached to an aromatic ring is 1. The predicted molar refractivity (Wildman–Crippen MR) is 87.4 cm³/mol. The highest BCUT2D eigenvalue weighted by atomic mass is 35.5. The molecule has 0 saturated heterocycles. The highest BCUT2D eigenvalue weighted by Gasteiger charge is 2.14. The maximum atomic E-state index is 6.00. The molecule has 1 atom stereocenters. The summed E-state index contributed by atoms with van der Waals surface area (Å²) in [7, 11) is 1.94. The first-order chi connectivity index (χ1) is 9.60. The maximum absolute atomic E-state index is 6.00. The third-order valence-corrected chi connectivity index (χ3v) is 4.35. The number of thioether (sulfide) groups is 1. The smallest absolute Gasteiger partial charge is 0.128 e. The van der Waals surface area contributed by atoms with Gasteiger partial charge in [0.1, 0.15) is 5.82 Å². The van der Waals surface area contributed by atoms with E-state index >= 15 is 0 Å². The normalized spacial score (nSPS) is 12.3. The van der Waals surface area contributed by atoms with Gasteiger partial charge in [0.25, 0.3) is 0 Å². The lowest BCUT2D eigenvalue weighted by Crippen LogP contribution is -2.20. The molecule has 5 heteroatoms. The minimum Gasteiger partial charge on any atom is -0.383 e. The number of pyridine rings is 1. The average Bonchev–Trinajstić information content (AvgIpc) is 2.43.